The quantitative estimate of drug-likeness (QED) is 0.168. The van der Waals surface area contributed by atoms with Gasteiger partial charge in [-0.3, -0.25) is 14.9 Å². The number of nitro benzene ring substituents is 1. The molecule has 0 aliphatic rings. The number of Topliss-reactive ketones (excluding diaryl/α,β-unsaturated/α-hetero) is 1. The monoisotopic (exact) mass is 476 g/mol. The molecule has 0 bridgehead atoms. The van der Waals surface area contributed by atoms with Gasteiger partial charge in [0.05, 0.1) is 11.1 Å². The largest absolute Gasteiger partial charge is 0.290 e. The highest BCUT2D eigenvalue weighted by molar-refractivity contribution is 8.93. The molecule has 0 fully saturated rings. The third-order valence-corrected chi connectivity index (χ3v) is 4.78. The van der Waals surface area contributed by atoms with E-state index in [0.29, 0.717) is 5.56 Å². The van der Waals surface area contributed by atoms with Crippen molar-refractivity contribution >= 4 is 28.5 Å². The first-order chi connectivity index (χ1) is 14.6. The maximum absolute atomic E-state index is 12.4. The van der Waals surface area contributed by atoms with Gasteiger partial charge in [-0.2, -0.15) is 0 Å². The van der Waals surface area contributed by atoms with Gasteiger partial charge in [0.1, 0.15) is 0 Å². The van der Waals surface area contributed by atoms with Crippen LogP contribution in [0.5, 0.6) is 0 Å². The first-order valence-corrected chi connectivity index (χ1v) is 9.39. The van der Waals surface area contributed by atoms with E-state index in [4.69, 9.17) is 0 Å². The van der Waals surface area contributed by atoms with E-state index >= 15 is 0 Å². The summed E-state index contributed by atoms with van der Waals surface area (Å²) in [5.41, 5.74) is 4.49. The highest BCUT2D eigenvalue weighted by atomic mass is 79.9. The van der Waals surface area contributed by atoms with Crippen LogP contribution >= 0.6 is 17.0 Å². The average Bonchev–Trinajstić information content (AvgIpc) is 2.80. The van der Waals surface area contributed by atoms with E-state index < -0.39 is 4.92 Å². The molecule has 0 N–H and O–H groups in total. The van der Waals surface area contributed by atoms with Crippen molar-refractivity contribution in [3.05, 3.63) is 113 Å². The summed E-state index contributed by atoms with van der Waals surface area (Å²) in [7, 11) is 0. The zero-order valence-corrected chi connectivity index (χ0v) is 18.1. The predicted octanol–water partition coefficient (Wildman–Crippen LogP) is 5.07. The zero-order valence-electron chi connectivity index (χ0n) is 16.4. The van der Waals surface area contributed by atoms with Gasteiger partial charge < -0.3 is 0 Å². The van der Waals surface area contributed by atoms with Crippen LogP contribution in [0.3, 0.4) is 0 Å². The molecular weight excluding hydrogens is 458 g/mol. The Morgan fingerprint density at radius 3 is 2.03 bits per heavy atom. The van der Waals surface area contributed by atoms with Crippen LogP contribution in [0.4, 0.5) is 5.69 Å². The van der Waals surface area contributed by atoms with Gasteiger partial charge >= 0.3 is 0 Å². The van der Waals surface area contributed by atoms with E-state index in [1.54, 1.807) is 17.1 Å². The molecule has 0 saturated carbocycles. The van der Waals surface area contributed by atoms with E-state index in [9.17, 15) is 14.9 Å². The van der Waals surface area contributed by atoms with Crippen molar-refractivity contribution < 1.29 is 14.3 Å². The van der Waals surface area contributed by atoms with E-state index in [2.05, 4.69) is 29.2 Å². The maximum Gasteiger partial charge on any atom is 0.287 e. The van der Waals surface area contributed by atoms with Crippen LogP contribution in [0.15, 0.2) is 97.5 Å². The van der Waals surface area contributed by atoms with Gasteiger partial charge in [0, 0.05) is 29.3 Å². The van der Waals surface area contributed by atoms with E-state index in [-0.39, 0.29) is 35.0 Å². The number of nitro groups is 1. The number of carbonyl (C=O) groups excluding carboxylic acids is 1. The molecule has 0 amide bonds. The normalized spacial score (nSPS) is 10.2. The summed E-state index contributed by atoms with van der Waals surface area (Å²) in [6.45, 7) is 0.109. The Labute approximate surface area is 189 Å². The number of nitrogens with zero attached hydrogens (tertiary/aromatic N) is 3. The smallest absolute Gasteiger partial charge is 0.287 e. The number of hydrogen-bond acceptors (Lipinski definition) is 4. The average molecular weight is 477 g/mol. The number of rotatable bonds is 6. The number of hydrogen-bond donors (Lipinski definition) is 0. The second-order valence-electron chi connectivity index (χ2n) is 6.79. The van der Waals surface area contributed by atoms with E-state index in [0.717, 1.165) is 22.4 Å². The lowest BCUT2D eigenvalue weighted by Crippen LogP contribution is -2.37. The van der Waals surface area contributed by atoms with Gasteiger partial charge in [0.25, 0.3) is 12.0 Å². The molecule has 0 unspecified atom stereocenters. The highest BCUT2D eigenvalue weighted by Crippen LogP contribution is 2.23. The Kier molecular flexibility index (Phi) is 6.99. The molecule has 0 spiro atoms. The minimum atomic E-state index is -0.488. The Morgan fingerprint density at radius 1 is 0.839 bits per heavy atom. The summed E-state index contributed by atoms with van der Waals surface area (Å²) < 4.78 is 1.69. The molecule has 0 radical (unpaired) electrons. The number of aromatic nitrogens is 2. The molecule has 4 aromatic rings. The minimum absolute atomic E-state index is 0. The number of halogens is 1. The summed E-state index contributed by atoms with van der Waals surface area (Å²) in [6.07, 6.45) is 3.42. The lowest BCUT2D eigenvalue weighted by atomic mass is 10.0. The van der Waals surface area contributed by atoms with E-state index in [1.165, 1.54) is 24.3 Å². The standard InChI is InChI=1S/C24H18N3O3.BrH/c28-24(21-10-12-22(13-11-21)27(29)30)16-26-15-14-23(25-17-26)20-8-6-19(7-9-20)18-4-2-1-3-5-18;/h1-15,17H,16H2;1H/q+1;. The van der Waals surface area contributed by atoms with Gasteiger partial charge in [-0.15, -0.1) is 17.0 Å². The number of benzene rings is 3. The first kappa shape index (κ1) is 22.0. The van der Waals surface area contributed by atoms with Crippen LogP contribution in [-0.2, 0) is 6.54 Å². The van der Waals surface area contributed by atoms with Gasteiger partial charge in [0.2, 0.25) is 5.78 Å². The number of non-ortho nitro benzene ring substituents is 1. The number of ketones is 1. The fourth-order valence-corrected chi connectivity index (χ4v) is 3.14. The third kappa shape index (κ3) is 5.26. The maximum atomic E-state index is 12.4. The van der Waals surface area contributed by atoms with Gasteiger partial charge in [0.15, 0.2) is 12.2 Å². The Balaban J connectivity index is 0.00000272. The van der Waals surface area contributed by atoms with Crippen molar-refractivity contribution in [1.82, 2.24) is 4.98 Å². The zero-order chi connectivity index (χ0) is 20.9. The molecule has 0 aliphatic carbocycles. The summed E-state index contributed by atoms with van der Waals surface area (Å²) in [5, 5.41) is 10.7. The van der Waals surface area contributed by atoms with Gasteiger partial charge in [-0.1, -0.05) is 42.5 Å². The molecule has 0 saturated heterocycles. The molecule has 7 heteroatoms. The van der Waals surface area contributed by atoms with Crippen molar-refractivity contribution in [3.8, 4) is 22.4 Å². The molecule has 0 aliphatic heterocycles. The van der Waals surface area contributed by atoms with Crippen molar-refractivity contribution in [3.63, 3.8) is 0 Å². The van der Waals surface area contributed by atoms with Gasteiger partial charge in [-0.05, 0) is 40.4 Å². The molecule has 154 valence electrons. The fourth-order valence-electron chi connectivity index (χ4n) is 3.14. The Morgan fingerprint density at radius 2 is 1.45 bits per heavy atom. The lowest BCUT2D eigenvalue weighted by molar-refractivity contribution is -0.686. The molecule has 0 atom stereocenters. The summed E-state index contributed by atoms with van der Waals surface area (Å²) >= 11 is 0. The van der Waals surface area contributed by atoms with Crippen molar-refractivity contribution in [2.45, 2.75) is 6.54 Å². The van der Waals surface area contributed by atoms with Crippen molar-refractivity contribution in [2.75, 3.05) is 0 Å². The van der Waals surface area contributed by atoms with Crippen LogP contribution in [0.2, 0.25) is 0 Å². The molecule has 4 rings (SSSR count). The molecule has 1 heterocycles. The lowest BCUT2D eigenvalue weighted by Gasteiger charge is -2.03. The van der Waals surface area contributed by atoms with Crippen molar-refractivity contribution in [2.24, 2.45) is 0 Å². The van der Waals surface area contributed by atoms with Crippen LogP contribution in [0, 0.1) is 10.1 Å². The van der Waals surface area contributed by atoms with E-state index in [1.807, 2.05) is 36.4 Å². The summed E-state index contributed by atoms with van der Waals surface area (Å²) in [4.78, 5) is 27.1. The van der Waals surface area contributed by atoms with Crippen LogP contribution in [0.25, 0.3) is 22.4 Å². The topological polar surface area (TPSA) is 77.0 Å². The predicted molar refractivity (Wildman–Crippen MR) is 123 cm³/mol. The first-order valence-electron chi connectivity index (χ1n) is 9.39. The molecule has 3 aromatic carbocycles. The minimum Gasteiger partial charge on any atom is -0.290 e. The van der Waals surface area contributed by atoms with Crippen LogP contribution in [-0.4, -0.2) is 15.7 Å². The third-order valence-electron chi connectivity index (χ3n) is 4.78. The molecule has 1 aromatic heterocycles. The second kappa shape index (κ2) is 9.86. The fraction of sp³-hybridized carbons (Fsp3) is 0.0417. The number of carbonyl (C=O) groups is 1. The highest BCUT2D eigenvalue weighted by Gasteiger charge is 2.13. The van der Waals surface area contributed by atoms with Gasteiger partial charge in [-0.25, -0.2) is 4.57 Å². The van der Waals surface area contributed by atoms with Crippen LogP contribution < -0.4 is 4.57 Å². The van der Waals surface area contributed by atoms with Crippen LogP contribution in [0.1, 0.15) is 10.4 Å². The summed E-state index contributed by atoms with van der Waals surface area (Å²) in [5.74, 6) is -0.142. The molecular formula is C24H19BrN3O3+. The Bertz CT molecular complexity index is 1180. The SMILES string of the molecule is Br.O=C(C[n+]1ccc(-c2ccc(-c3ccccc3)cc2)nc1)c1ccc([N+](=O)[O-])cc1. The second-order valence-corrected chi connectivity index (χ2v) is 6.79. The molecule has 6 nitrogen and oxygen atoms in total. The van der Waals surface area contributed by atoms with Crippen molar-refractivity contribution in [1.29, 1.82) is 0 Å². The summed E-state index contributed by atoms with van der Waals surface area (Å²) in [6, 6.07) is 25.8. The Hall–Kier alpha value is -3.71. The molecule has 31 heavy (non-hydrogen) atoms.